The molecule has 1 aliphatic rings. The van der Waals surface area contributed by atoms with Crippen LogP contribution in [0.4, 0.5) is 18.2 Å². The fourth-order valence-electron chi connectivity index (χ4n) is 2.82. The highest BCUT2D eigenvalue weighted by Gasteiger charge is 2.41. The van der Waals surface area contributed by atoms with E-state index < -0.39 is 23.7 Å². The largest absolute Gasteiger partial charge is 0.465 e. The summed E-state index contributed by atoms with van der Waals surface area (Å²) in [5.41, 5.74) is -0.253. The van der Waals surface area contributed by atoms with Gasteiger partial charge in [-0.1, -0.05) is 0 Å². The number of aromatic nitrogens is 2. The molecule has 0 unspecified atom stereocenters. The van der Waals surface area contributed by atoms with Crippen LogP contribution in [0.25, 0.3) is 0 Å². The summed E-state index contributed by atoms with van der Waals surface area (Å²) in [6.45, 7) is 1.79. The Hall–Kier alpha value is -1.88. The van der Waals surface area contributed by atoms with Gasteiger partial charge >= 0.3 is 12.1 Å². The van der Waals surface area contributed by atoms with Gasteiger partial charge in [-0.2, -0.15) is 18.3 Å². The van der Waals surface area contributed by atoms with Gasteiger partial charge in [0, 0.05) is 17.2 Å². The number of esters is 1. The molecule has 3 rings (SSSR count). The van der Waals surface area contributed by atoms with Gasteiger partial charge in [-0.05, 0) is 41.8 Å². The topological polar surface area (TPSA) is 73.2 Å². The second kappa shape index (κ2) is 7.86. The zero-order valence-electron chi connectivity index (χ0n) is 15.0. The molecule has 2 aromatic rings. The Labute approximate surface area is 171 Å². The normalized spacial score (nSPS) is 14.2. The van der Waals surface area contributed by atoms with Gasteiger partial charge in [0.1, 0.15) is 5.00 Å². The van der Waals surface area contributed by atoms with E-state index in [1.807, 2.05) is 0 Å². The van der Waals surface area contributed by atoms with Gasteiger partial charge in [-0.15, -0.1) is 11.3 Å². The average molecular weight is 480 g/mol. The maximum Gasteiger partial charge on any atom is 0.436 e. The molecule has 0 spiro atoms. The van der Waals surface area contributed by atoms with Crippen LogP contribution in [0, 0.1) is 6.92 Å². The van der Waals surface area contributed by atoms with Gasteiger partial charge in [0.15, 0.2) is 5.69 Å². The number of alkyl halides is 3. The monoisotopic (exact) mass is 479 g/mol. The maximum atomic E-state index is 13.1. The van der Waals surface area contributed by atoms with E-state index in [4.69, 9.17) is 0 Å². The molecule has 0 aromatic carbocycles. The number of aryl methyl sites for hydroxylation is 2. The summed E-state index contributed by atoms with van der Waals surface area (Å²) in [5.74, 6) is -0.970. The molecule has 11 heteroatoms. The molecule has 1 aliphatic carbocycles. The smallest absolute Gasteiger partial charge is 0.436 e. The standard InChI is InChI=1S/C17H17BrF3N3O3S/c1-8-7-10(16(26)27-2)15(28-8)22-11(25)5-6-24-13(9-3-4-9)12(18)14(23-24)17(19,20)21/h7,9H,3-6H2,1-2H3,(H,22,25). The summed E-state index contributed by atoms with van der Waals surface area (Å²) in [7, 11) is 1.24. The van der Waals surface area contributed by atoms with Crippen molar-refractivity contribution >= 4 is 44.1 Å². The number of amides is 1. The minimum absolute atomic E-state index is 0.00423. The van der Waals surface area contributed by atoms with Crippen molar-refractivity contribution in [2.24, 2.45) is 0 Å². The number of anilines is 1. The quantitative estimate of drug-likeness (QED) is 0.607. The summed E-state index contributed by atoms with van der Waals surface area (Å²) < 4.78 is 45.3. The van der Waals surface area contributed by atoms with Crippen LogP contribution in [0.15, 0.2) is 10.5 Å². The zero-order chi connectivity index (χ0) is 20.6. The molecule has 2 aromatic heterocycles. The van der Waals surface area contributed by atoms with Crippen molar-refractivity contribution in [2.75, 3.05) is 12.4 Å². The number of methoxy groups -OCH3 is 1. The molecule has 2 heterocycles. The third-order valence-corrected chi connectivity index (χ3v) is 5.98. The Kier molecular flexibility index (Phi) is 5.85. The maximum absolute atomic E-state index is 13.1. The third-order valence-electron chi connectivity index (χ3n) is 4.23. The van der Waals surface area contributed by atoms with Gasteiger partial charge in [-0.25, -0.2) is 4.79 Å². The highest BCUT2D eigenvalue weighted by molar-refractivity contribution is 9.10. The molecule has 28 heavy (non-hydrogen) atoms. The number of hydrogen-bond donors (Lipinski definition) is 1. The number of nitrogens with zero attached hydrogens (tertiary/aromatic N) is 2. The van der Waals surface area contributed by atoms with E-state index in [-0.39, 0.29) is 28.9 Å². The number of carbonyl (C=O) groups excluding carboxylic acids is 2. The van der Waals surface area contributed by atoms with Gasteiger partial charge < -0.3 is 10.1 Å². The van der Waals surface area contributed by atoms with Crippen LogP contribution < -0.4 is 5.32 Å². The molecule has 1 fully saturated rings. The summed E-state index contributed by atoms with van der Waals surface area (Å²) in [6.07, 6.45) is -3.06. The lowest BCUT2D eigenvalue weighted by Crippen LogP contribution is -2.17. The van der Waals surface area contributed by atoms with E-state index in [0.29, 0.717) is 10.7 Å². The Bertz CT molecular complexity index is 919. The fourth-order valence-corrected chi connectivity index (χ4v) is 4.57. The lowest BCUT2D eigenvalue weighted by atomic mass is 10.2. The first-order chi connectivity index (χ1) is 13.1. The first-order valence-electron chi connectivity index (χ1n) is 8.43. The molecule has 0 radical (unpaired) electrons. The van der Waals surface area contributed by atoms with Crippen molar-refractivity contribution in [3.8, 4) is 0 Å². The van der Waals surface area contributed by atoms with Crippen LogP contribution in [0.2, 0.25) is 0 Å². The van der Waals surface area contributed by atoms with Gasteiger partial charge in [-0.3, -0.25) is 9.48 Å². The van der Waals surface area contributed by atoms with Crippen molar-refractivity contribution in [2.45, 2.75) is 44.8 Å². The fraction of sp³-hybridized carbons (Fsp3) is 0.471. The molecule has 152 valence electrons. The van der Waals surface area contributed by atoms with E-state index in [1.54, 1.807) is 13.0 Å². The van der Waals surface area contributed by atoms with Crippen molar-refractivity contribution in [1.29, 1.82) is 0 Å². The molecule has 0 aliphatic heterocycles. The lowest BCUT2D eigenvalue weighted by Gasteiger charge is -2.08. The van der Waals surface area contributed by atoms with Gasteiger partial charge in [0.05, 0.1) is 29.4 Å². The Morgan fingerprint density at radius 3 is 2.68 bits per heavy atom. The molecule has 0 bridgehead atoms. The SMILES string of the molecule is COC(=O)c1cc(C)sc1NC(=O)CCn1nc(C(F)(F)F)c(Br)c1C1CC1. The Morgan fingerprint density at radius 1 is 1.43 bits per heavy atom. The second-order valence-electron chi connectivity index (χ2n) is 6.43. The minimum Gasteiger partial charge on any atom is -0.465 e. The number of nitrogens with one attached hydrogen (secondary N) is 1. The number of ether oxygens (including phenoxy) is 1. The number of hydrogen-bond acceptors (Lipinski definition) is 5. The number of halogens is 4. The van der Waals surface area contributed by atoms with Crippen LogP contribution in [0.5, 0.6) is 0 Å². The number of carbonyl (C=O) groups is 2. The van der Waals surface area contributed by atoms with Crippen LogP contribution in [0.1, 0.15) is 51.8 Å². The Balaban J connectivity index is 1.73. The van der Waals surface area contributed by atoms with E-state index in [2.05, 4.69) is 31.1 Å². The van der Waals surface area contributed by atoms with Gasteiger partial charge in [0.2, 0.25) is 5.91 Å². The summed E-state index contributed by atoms with van der Waals surface area (Å²) >= 11 is 4.25. The molecular weight excluding hydrogens is 463 g/mol. The van der Waals surface area contributed by atoms with Gasteiger partial charge in [0.25, 0.3) is 0 Å². The van der Waals surface area contributed by atoms with Crippen LogP contribution in [-0.4, -0.2) is 28.8 Å². The molecule has 6 nitrogen and oxygen atoms in total. The first-order valence-corrected chi connectivity index (χ1v) is 10.0. The molecule has 1 amide bonds. The molecule has 1 N–H and O–H groups in total. The minimum atomic E-state index is -4.57. The van der Waals surface area contributed by atoms with Crippen molar-refractivity contribution in [1.82, 2.24) is 9.78 Å². The first kappa shape index (κ1) is 20.8. The van der Waals surface area contributed by atoms with E-state index in [0.717, 1.165) is 17.7 Å². The number of rotatable bonds is 6. The zero-order valence-corrected chi connectivity index (χ0v) is 17.4. The predicted octanol–water partition coefficient (Wildman–Crippen LogP) is 4.73. The van der Waals surface area contributed by atoms with Crippen molar-refractivity contribution < 1.29 is 27.5 Å². The molecule has 1 saturated carbocycles. The number of thiophene rings is 1. The van der Waals surface area contributed by atoms with Crippen LogP contribution in [-0.2, 0) is 22.3 Å². The van der Waals surface area contributed by atoms with E-state index in [9.17, 15) is 22.8 Å². The van der Waals surface area contributed by atoms with E-state index >= 15 is 0 Å². The van der Waals surface area contributed by atoms with Crippen LogP contribution >= 0.6 is 27.3 Å². The summed E-state index contributed by atoms with van der Waals surface area (Å²) in [5, 5.41) is 6.67. The molecule has 0 saturated heterocycles. The highest BCUT2D eigenvalue weighted by atomic mass is 79.9. The molecule has 0 atom stereocenters. The highest BCUT2D eigenvalue weighted by Crippen LogP contribution is 2.47. The second-order valence-corrected chi connectivity index (χ2v) is 8.48. The third kappa shape index (κ3) is 4.40. The van der Waals surface area contributed by atoms with Crippen LogP contribution in [0.3, 0.4) is 0 Å². The average Bonchev–Trinajstić information content (AvgIpc) is 3.29. The van der Waals surface area contributed by atoms with E-state index in [1.165, 1.54) is 23.1 Å². The van der Waals surface area contributed by atoms with Crippen molar-refractivity contribution in [3.05, 3.63) is 32.4 Å². The molecular formula is C17H17BrF3N3O3S. The Morgan fingerprint density at radius 2 is 2.11 bits per heavy atom. The predicted molar refractivity (Wildman–Crippen MR) is 101 cm³/mol. The summed E-state index contributed by atoms with van der Waals surface area (Å²) in [4.78, 5) is 24.9. The lowest BCUT2D eigenvalue weighted by molar-refractivity contribution is -0.142. The summed E-state index contributed by atoms with van der Waals surface area (Å²) in [6, 6.07) is 1.61. The van der Waals surface area contributed by atoms with Crippen molar-refractivity contribution in [3.63, 3.8) is 0 Å².